The van der Waals surface area contributed by atoms with Gasteiger partial charge in [0.2, 0.25) is 10.0 Å². The number of ether oxygens (including phenoxy) is 1. The molecule has 0 aromatic carbocycles. The lowest BCUT2D eigenvalue weighted by atomic mass is 10.2. The summed E-state index contributed by atoms with van der Waals surface area (Å²) in [7, 11) is -3.48. The molecule has 0 bridgehead atoms. The monoisotopic (exact) mass is 311 g/mol. The van der Waals surface area contributed by atoms with E-state index in [9.17, 15) is 8.42 Å². The fourth-order valence-corrected chi connectivity index (χ4v) is 4.85. The Bertz CT molecular complexity index is 605. The molecule has 1 aliphatic carbocycles. The third-order valence-electron chi connectivity index (χ3n) is 4.13. The van der Waals surface area contributed by atoms with Crippen molar-refractivity contribution >= 4 is 15.8 Å². The topological polar surface area (TPSA) is 71.5 Å². The largest absolute Gasteiger partial charge is 0.375 e. The molecule has 1 saturated heterocycles. The van der Waals surface area contributed by atoms with Gasteiger partial charge >= 0.3 is 0 Å². The summed E-state index contributed by atoms with van der Waals surface area (Å²) in [4.78, 5) is 4.44. The van der Waals surface area contributed by atoms with E-state index in [1.165, 1.54) is 6.20 Å². The minimum absolute atomic E-state index is 0.0144. The van der Waals surface area contributed by atoms with Gasteiger partial charge < -0.3 is 10.1 Å². The Morgan fingerprint density at radius 1 is 1.48 bits per heavy atom. The van der Waals surface area contributed by atoms with Gasteiger partial charge in [-0.05, 0) is 32.3 Å². The Labute approximate surface area is 125 Å². The van der Waals surface area contributed by atoms with Gasteiger partial charge in [0.05, 0.1) is 23.6 Å². The van der Waals surface area contributed by atoms with Crippen LogP contribution in [0, 0.1) is 0 Å². The van der Waals surface area contributed by atoms with E-state index in [4.69, 9.17) is 4.74 Å². The first-order valence-electron chi connectivity index (χ1n) is 7.46. The van der Waals surface area contributed by atoms with Crippen LogP contribution in [-0.4, -0.2) is 49.5 Å². The highest BCUT2D eigenvalue weighted by molar-refractivity contribution is 7.89. The molecule has 1 aromatic heterocycles. The van der Waals surface area contributed by atoms with Crippen LogP contribution in [0.3, 0.4) is 0 Å². The fraction of sp³-hybridized carbons (Fsp3) is 0.643. The van der Waals surface area contributed by atoms with E-state index >= 15 is 0 Å². The minimum atomic E-state index is -3.48. The first kappa shape index (κ1) is 14.7. The van der Waals surface area contributed by atoms with Crippen LogP contribution in [0.2, 0.25) is 0 Å². The molecule has 1 saturated carbocycles. The lowest BCUT2D eigenvalue weighted by Crippen LogP contribution is -2.51. The maximum absolute atomic E-state index is 12.9. The highest BCUT2D eigenvalue weighted by Crippen LogP contribution is 2.33. The average Bonchev–Trinajstić information content (AvgIpc) is 2.96. The summed E-state index contributed by atoms with van der Waals surface area (Å²) in [6.07, 6.45) is 4.46. The van der Waals surface area contributed by atoms with Gasteiger partial charge in [-0.25, -0.2) is 13.4 Å². The molecule has 3 rings (SSSR count). The number of anilines is 1. The second-order valence-corrected chi connectivity index (χ2v) is 7.32. The van der Waals surface area contributed by atoms with Gasteiger partial charge in [-0.1, -0.05) is 0 Å². The maximum atomic E-state index is 12.9. The van der Waals surface area contributed by atoms with Crippen molar-refractivity contribution in [2.24, 2.45) is 0 Å². The van der Waals surface area contributed by atoms with Crippen molar-refractivity contribution in [2.75, 3.05) is 25.0 Å². The summed E-state index contributed by atoms with van der Waals surface area (Å²) in [5.74, 6) is 0.592. The number of rotatable bonds is 4. The number of aromatic nitrogens is 1. The average molecular weight is 311 g/mol. The molecule has 21 heavy (non-hydrogen) atoms. The molecule has 2 atom stereocenters. The van der Waals surface area contributed by atoms with Gasteiger partial charge in [0.1, 0.15) is 5.82 Å². The van der Waals surface area contributed by atoms with Gasteiger partial charge in [-0.15, -0.1) is 0 Å². The number of nitrogens with zero attached hydrogens (tertiary/aromatic N) is 2. The normalized spacial score (nSPS) is 26.5. The van der Waals surface area contributed by atoms with Gasteiger partial charge in [0.25, 0.3) is 0 Å². The molecule has 7 heteroatoms. The van der Waals surface area contributed by atoms with Crippen LogP contribution in [-0.2, 0) is 14.8 Å². The van der Waals surface area contributed by atoms with Crippen molar-refractivity contribution in [3.8, 4) is 0 Å². The number of nitrogens with one attached hydrogen (secondary N) is 1. The first-order valence-corrected chi connectivity index (χ1v) is 8.90. The predicted molar refractivity (Wildman–Crippen MR) is 79.7 cm³/mol. The van der Waals surface area contributed by atoms with Gasteiger partial charge in [-0.3, -0.25) is 0 Å². The lowest BCUT2D eigenvalue weighted by Gasteiger charge is -2.36. The summed E-state index contributed by atoms with van der Waals surface area (Å²) in [6.45, 7) is 3.57. The number of pyridine rings is 1. The van der Waals surface area contributed by atoms with Crippen LogP contribution in [0.1, 0.15) is 26.2 Å². The Morgan fingerprint density at radius 3 is 3.14 bits per heavy atom. The highest BCUT2D eigenvalue weighted by atomic mass is 32.2. The van der Waals surface area contributed by atoms with Crippen molar-refractivity contribution < 1.29 is 13.2 Å². The van der Waals surface area contributed by atoms with Crippen molar-refractivity contribution in [2.45, 2.75) is 43.2 Å². The molecule has 0 radical (unpaired) electrons. The Balaban J connectivity index is 1.90. The maximum Gasteiger partial charge on any atom is 0.243 e. The van der Waals surface area contributed by atoms with E-state index in [0.29, 0.717) is 30.4 Å². The van der Waals surface area contributed by atoms with E-state index < -0.39 is 10.0 Å². The zero-order chi connectivity index (χ0) is 14.9. The number of sulfonamides is 1. The summed E-state index contributed by atoms with van der Waals surface area (Å²) < 4.78 is 33.1. The second kappa shape index (κ2) is 5.90. The van der Waals surface area contributed by atoms with E-state index in [2.05, 4.69) is 10.3 Å². The molecular weight excluding hydrogens is 290 g/mol. The van der Waals surface area contributed by atoms with Crippen molar-refractivity contribution in [3.05, 3.63) is 18.3 Å². The summed E-state index contributed by atoms with van der Waals surface area (Å²) in [5.41, 5.74) is 0. The van der Waals surface area contributed by atoms with E-state index in [0.717, 1.165) is 19.3 Å². The zero-order valence-corrected chi connectivity index (χ0v) is 13.0. The van der Waals surface area contributed by atoms with E-state index in [1.807, 2.05) is 6.92 Å². The number of hydrogen-bond donors (Lipinski definition) is 1. The number of fused-ring (bicyclic) bond motifs is 1. The van der Waals surface area contributed by atoms with Crippen molar-refractivity contribution in [1.29, 1.82) is 0 Å². The van der Waals surface area contributed by atoms with Crippen molar-refractivity contribution in [3.63, 3.8) is 0 Å². The molecule has 2 fully saturated rings. The summed E-state index contributed by atoms with van der Waals surface area (Å²) in [5, 5.41) is 3.05. The number of morpholine rings is 1. The standard InChI is InChI=1S/C14H21N3O3S/c1-2-15-14-10-11(6-7-16-14)21(18,19)17-8-9-20-13-5-3-4-12(13)17/h6-7,10,12-13H,2-5,8-9H2,1H3,(H,15,16). The summed E-state index contributed by atoms with van der Waals surface area (Å²) in [6, 6.07) is 3.16. The SMILES string of the molecule is CCNc1cc(S(=O)(=O)N2CCOC3CCCC32)ccn1. The third kappa shape index (κ3) is 2.77. The molecule has 2 heterocycles. The zero-order valence-electron chi connectivity index (χ0n) is 12.2. The minimum Gasteiger partial charge on any atom is -0.375 e. The second-order valence-electron chi connectivity index (χ2n) is 5.43. The first-order chi connectivity index (χ1) is 10.1. The summed E-state index contributed by atoms with van der Waals surface area (Å²) >= 11 is 0. The lowest BCUT2D eigenvalue weighted by molar-refractivity contribution is -0.0241. The molecule has 1 aromatic rings. The molecule has 2 aliphatic rings. The van der Waals surface area contributed by atoms with Crippen LogP contribution >= 0.6 is 0 Å². The quantitative estimate of drug-likeness (QED) is 0.911. The Kier molecular flexibility index (Phi) is 4.14. The smallest absolute Gasteiger partial charge is 0.243 e. The van der Waals surface area contributed by atoms with Crippen LogP contribution in [0.5, 0.6) is 0 Å². The van der Waals surface area contributed by atoms with Crippen LogP contribution in [0.15, 0.2) is 23.2 Å². The van der Waals surface area contributed by atoms with E-state index in [-0.39, 0.29) is 12.1 Å². The van der Waals surface area contributed by atoms with Crippen molar-refractivity contribution in [1.82, 2.24) is 9.29 Å². The molecule has 2 unspecified atom stereocenters. The van der Waals surface area contributed by atoms with Gasteiger partial charge in [-0.2, -0.15) is 4.31 Å². The Morgan fingerprint density at radius 2 is 2.33 bits per heavy atom. The Hall–Kier alpha value is -1.18. The van der Waals surface area contributed by atoms with Crippen LogP contribution in [0.25, 0.3) is 0 Å². The third-order valence-corrected chi connectivity index (χ3v) is 6.05. The van der Waals surface area contributed by atoms with Gasteiger partial charge in [0.15, 0.2) is 0 Å². The van der Waals surface area contributed by atoms with E-state index in [1.54, 1.807) is 16.4 Å². The molecule has 116 valence electrons. The fourth-order valence-electron chi connectivity index (χ4n) is 3.17. The predicted octanol–water partition coefficient (Wildman–Crippen LogP) is 1.46. The molecule has 0 amide bonds. The number of hydrogen-bond acceptors (Lipinski definition) is 5. The molecule has 6 nitrogen and oxygen atoms in total. The van der Waals surface area contributed by atoms with Gasteiger partial charge in [0, 0.05) is 25.4 Å². The van der Waals surface area contributed by atoms with Crippen LogP contribution < -0.4 is 5.32 Å². The highest BCUT2D eigenvalue weighted by Gasteiger charge is 2.42. The molecule has 1 N–H and O–H groups in total. The molecule has 1 aliphatic heterocycles. The molecular formula is C14H21N3O3S. The van der Waals surface area contributed by atoms with Crippen LogP contribution in [0.4, 0.5) is 5.82 Å². The molecule has 0 spiro atoms.